The minimum absolute atomic E-state index is 0.0490. The highest BCUT2D eigenvalue weighted by atomic mass is 35.5. The Morgan fingerprint density at radius 1 is 1.29 bits per heavy atom. The van der Waals surface area contributed by atoms with Crippen molar-refractivity contribution in [2.45, 2.75) is 6.61 Å². The molecule has 6 nitrogen and oxygen atoms in total. The highest BCUT2D eigenvalue weighted by Gasteiger charge is 2.15. The minimum atomic E-state index is -0.685. The van der Waals surface area contributed by atoms with Crippen LogP contribution >= 0.6 is 11.6 Å². The van der Waals surface area contributed by atoms with Crippen LogP contribution in [0.5, 0.6) is 5.75 Å². The molecule has 0 aromatic heterocycles. The highest BCUT2D eigenvalue weighted by Crippen LogP contribution is 2.25. The van der Waals surface area contributed by atoms with Gasteiger partial charge in [0.25, 0.3) is 11.6 Å². The van der Waals surface area contributed by atoms with Crippen molar-refractivity contribution in [1.82, 2.24) is 0 Å². The van der Waals surface area contributed by atoms with E-state index in [9.17, 15) is 14.9 Å². The number of carbonyl (C=O) groups excluding carboxylic acids is 1. The molecule has 0 bridgehead atoms. The molecule has 0 unspecified atom stereocenters. The first kappa shape index (κ1) is 14.8. The van der Waals surface area contributed by atoms with Crippen LogP contribution in [0.2, 0.25) is 5.02 Å². The highest BCUT2D eigenvalue weighted by molar-refractivity contribution is 6.31. The summed E-state index contributed by atoms with van der Waals surface area (Å²) in [5, 5.41) is 11.3. The van der Waals surface area contributed by atoms with Gasteiger partial charge in [0.1, 0.15) is 12.4 Å². The molecule has 0 aliphatic carbocycles. The van der Waals surface area contributed by atoms with Crippen molar-refractivity contribution < 1.29 is 14.5 Å². The van der Waals surface area contributed by atoms with E-state index in [1.54, 1.807) is 24.3 Å². The molecule has 108 valence electrons. The zero-order valence-corrected chi connectivity index (χ0v) is 11.5. The zero-order chi connectivity index (χ0) is 15.4. The number of hydrogen-bond acceptors (Lipinski definition) is 4. The lowest BCUT2D eigenvalue weighted by Gasteiger charge is -2.10. The fourth-order valence-corrected chi connectivity index (χ4v) is 1.96. The molecule has 2 aromatic rings. The molecule has 0 atom stereocenters. The summed E-state index contributed by atoms with van der Waals surface area (Å²) in [6.07, 6.45) is 0. The number of rotatable bonds is 5. The molecule has 0 heterocycles. The number of nitrogens with zero attached hydrogens (tertiary/aromatic N) is 1. The van der Waals surface area contributed by atoms with Gasteiger partial charge in [-0.25, -0.2) is 0 Å². The summed E-state index contributed by atoms with van der Waals surface area (Å²) < 4.78 is 5.47. The quantitative estimate of drug-likeness (QED) is 0.678. The Kier molecular flexibility index (Phi) is 4.39. The van der Waals surface area contributed by atoms with E-state index in [1.165, 1.54) is 18.2 Å². The van der Waals surface area contributed by atoms with Crippen molar-refractivity contribution in [1.29, 1.82) is 0 Å². The number of amides is 1. The summed E-state index contributed by atoms with van der Waals surface area (Å²) in [7, 11) is 0. The molecular formula is C14H11ClN2O4. The largest absolute Gasteiger partial charge is 0.488 e. The normalized spacial score (nSPS) is 10.1. The molecule has 0 fully saturated rings. The maximum Gasteiger partial charge on any atom is 0.276 e. The van der Waals surface area contributed by atoms with E-state index in [4.69, 9.17) is 22.1 Å². The van der Waals surface area contributed by atoms with E-state index in [0.717, 1.165) is 0 Å². The summed E-state index contributed by atoms with van der Waals surface area (Å²) in [4.78, 5) is 21.8. The fraction of sp³-hybridized carbons (Fsp3) is 0.0714. The van der Waals surface area contributed by atoms with Gasteiger partial charge in [0, 0.05) is 11.1 Å². The van der Waals surface area contributed by atoms with Crippen LogP contribution in [0, 0.1) is 10.1 Å². The summed E-state index contributed by atoms with van der Waals surface area (Å²) in [5.74, 6) is -0.458. The van der Waals surface area contributed by atoms with Crippen LogP contribution in [0.15, 0.2) is 42.5 Å². The molecule has 21 heavy (non-hydrogen) atoms. The van der Waals surface area contributed by atoms with Crippen molar-refractivity contribution >= 4 is 23.2 Å². The van der Waals surface area contributed by atoms with Gasteiger partial charge in [-0.05, 0) is 24.3 Å². The predicted molar refractivity (Wildman–Crippen MR) is 77.4 cm³/mol. The second-order valence-electron chi connectivity index (χ2n) is 4.18. The summed E-state index contributed by atoms with van der Waals surface area (Å²) in [6, 6.07) is 10.6. The molecule has 7 heteroatoms. The van der Waals surface area contributed by atoms with Gasteiger partial charge in [-0.3, -0.25) is 14.9 Å². The molecule has 0 radical (unpaired) electrons. The smallest absolute Gasteiger partial charge is 0.276 e. The molecule has 0 spiro atoms. The molecule has 0 saturated carbocycles. The lowest BCUT2D eigenvalue weighted by Crippen LogP contribution is -2.13. The van der Waals surface area contributed by atoms with E-state index in [2.05, 4.69) is 0 Å². The van der Waals surface area contributed by atoms with Crippen molar-refractivity contribution in [3.05, 3.63) is 68.7 Å². The Labute approximate surface area is 125 Å². The topological polar surface area (TPSA) is 95.5 Å². The number of para-hydroxylation sites is 1. The molecule has 0 saturated heterocycles. The molecule has 2 N–H and O–H groups in total. The Morgan fingerprint density at radius 3 is 2.67 bits per heavy atom. The molecular weight excluding hydrogens is 296 g/mol. The minimum Gasteiger partial charge on any atom is -0.488 e. The van der Waals surface area contributed by atoms with Gasteiger partial charge in [0.2, 0.25) is 0 Å². The third-order valence-electron chi connectivity index (χ3n) is 2.78. The maximum atomic E-state index is 11.3. The van der Waals surface area contributed by atoms with Gasteiger partial charge in [0.05, 0.1) is 16.1 Å². The molecule has 2 aromatic carbocycles. The summed E-state index contributed by atoms with van der Waals surface area (Å²) >= 11 is 5.79. The fourth-order valence-electron chi connectivity index (χ4n) is 1.79. The second-order valence-corrected chi connectivity index (χ2v) is 4.62. The lowest BCUT2D eigenvalue weighted by molar-refractivity contribution is -0.385. The first-order valence-corrected chi connectivity index (χ1v) is 6.31. The molecule has 1 amide bonds. The van der Waals surface area contributed by atoms with Gasteiger partial charge >= 0.3 is 0 Å². The number of nitrogens with two attached hydrogens (primary N) is 1. The van der Waals surface area contributed by atoms with Gasteiger partial charge < -0.3 is 10.5 Å². The van der Waals surface area contributed by atoms with Gasteiger partial charge in [-0.15, -0.1) is 0 Å². The van der Waals surface area contributed by atoms with Crippen molar-refractivity contribution in [3.63, 3.8) is 0 Å². The van der Waals surface area contributed by atoms with E-state index in [-0.39, 0.29) is 23.6 Å². The van der Waals surface area contributed by atoms with Gasteiger partial charge in [0.15, 0.2) is 0 Å². The van der Waals surface area contributed by atoms with E-state index in [0.29, 0.717) is 10.6 Å². The Bertz CT molecular complexity index is 703. The monoisotopic (exact) mass is 306 g/mol. The van der Waals surface area contributed by atoms with E-state index >= 15 is 0 Å². The van der Waals surface area contributed by atoms with Crippen molar-refractivity contribution in [2.75, 3.05) is 0 Å². The Balaban J connectivity index is 2.25. The maximum absolute atomic E-state index is 11.3. The van der Waals surface area contributed by atoms with Crippen LogP contribution < -0.4 is 10.5 Å². The van der Waals surface area contributed by atoms with Gasteiger partial charge in [-0.1, -0.05) is 23.7 Å². The third-order valence-corrected chi connectivity index (χ3v) is 3.01. The molecule has 2 rings (SSSR count). The van der Waals surface area contributed by atoms with Crippen LogP contribution in [0.25, 0.3) is 0 Å². The number of carbonyl (C=O) groups is 1. The molecule has 0 aliphatic rings. The van der Waals surface area contributed by atoms with Crippen LogP contribution in [0.4, 0.5) is 5.69 Å². The average molecular weight is 307 g/mol. The third kappa shape index (κ3) is 3.49. The van der Waals surface area contributed by atoms with Crippen molar-refractivity contribution in [3.8, 4) is 5.75 Å². The second kappa shape index (κ2) is 6.23. The van der Waals surface area contributed by atoms with Crippen LogP contribution in [-0.2, 0) is 6.61 Å². The van der Waals surface area contributed by atoms with E-state index < -0.39 is 10.8 Å². The number of nitro benzene ring substituents is 1. The zero-order valence-electron chi connectivity index (χ0n) is 10.8. The standard InChI is InChI=1S/C14H11ClN2O4/c15-10-5-6-13(11(7-10)14(16)18)21-8-9-3-1-2-4-12(9)17(19)20/h1-7H,8H2,(H2,16,18). The SMILES string of the molecule is NC(=O)c1cc(Cl)ccc1OCc1ccccc1[N+](=O)[O-]. The van der Waals surface area contributed by atoms with Crippen LogP contribution in [0.3, 0.4) is 0 Å². The number of hydrogen-bond donors (Lipinski definition) is 1. The number of benzene rings is 2. The first-order chi connectivity index (χ1) is 9.99. The summed E-state index contributed by atoms with van der Waals surface area (Å²) in [5.41, 5.74) is 5.72. The van der Waals surface area contributed by atoms with Gasteiger partial charge in [-0.2, -0.15) is 0 Å². The summed E-state index contributed by atoms with van der Waals surface area (Å²) in [6.45, 7) is -0.0565. The number of ether oxygens (including phenoxy) is 1. The number of primary amides is 1. The van der Waals surface area contributed by atoms with E-state index in [1.807, 2.05) is 0 Å². The van der Waals surface area contributed by atoms with Crippen molar-refractivity contribution in [2.24, 2.45) is 5.73 Å². The predicted octanol–water partition coefficient (Wildman–Crippen LogP) is 2.93. The Hall–Kier alpha value is -2.60. The van der Waals surface area contributed by atoms with Crippen LogP contribution in [-0.4, -0.2) is 10.8 Å². The number of nitro groups is 1. The Morgan fingerprint density at radius 2 is 2.00 bits per heavy atom. The van der Waals surface area contributed by atoms with Crippen LogP contribution in [0.1, 0.15) is 15.9 Å². The molecule has 0 aliphatic heterocycles. The number of halogens is 1. The first-order valence-electron chi connectivity index (χ1n) is 5.93. The lowest BCUT2D eigenvalue weighted by atomic mass is 10.1. The average Bonchev–Trinajstić information content (AvgIpc) is 2.46.